The van der Waals surface area contributed by atoms with Gasteiger partial charge in [0.25, 0.3) is 0 Å². The largest absolute Gasteiger partial charge is 0.383 e. The van der Waals surface area contributed by atoms with Crippen molar-refractivity contribution in [1.82, 2.24) is 14.7 Å². The molecule has 2 aliphatic heterocycles. The van der Waals surface area contributed by atoms with Gasteiger partial charge in [-0.2, -0.15) is 5.10 Å². The van der Waals surface area contributed by atoms with Crippen molar-refractivity contribution in [2.24, 2.45) is 0 Å². The summed E-state index contributed by atoms with van der Waals surface area (Å²) < 4.78 is 2.92. The highest BCUT2D eigenvalue weighted by Crippen LogP contribution is 2.35. The predicted octanol–water partition coefficient (Wildman–Crippen LogP) is 2.03. The maximum absolute atomic E-state index is 6.01. The summed E-state index contributed by atoms with van der Waals surface area (Å²) in [6.07, 6.45) is 6.89. The summed E-state index contributed by atoms with van der Waals surface area (Å²) in [6, 6.07) is 1.26. The van der Waals surface area contributed by atoms with Crippen LogP contribution in [0.15, 0.2) is 10.7 Å². The lowest BCUT2D eigenvalue weighted by Crippen LogP contribution is -2.39. The van der Waals surface area contributed by atoms with Crippen LogP contribution >= 0.6 is 15.9 Å². The van der Waals surface area contributed by atoms with Gasteiger partial charge in [-0.3, -0.25) is 0 Å². The van der Waals surface area contributed by atoms with E-state index in [0.29, 0.717) is 6.04 Å². The van der Waals surface area contributed by atoms with Crippen LogP contribution in [0.25, 0.3) is 0 Å². The van der Waals surface area contributed by atoms with Gasteiger partial charge >= 0.3 is 0 Å². The molecule has 2 fully saturated rings. The average molecular weight is 285 g/mol. The van der Waals surface area contributed by atoms with Gasteiger partial charge < -0.3 is 10.6 Å². The number of anilines is 1. The topological polar surface area (TPSA) is 47.1 Å². The van der Waals surface area contributed by atoms with Crippen molar-refractivity contribution < 1.29 is 0 Å². The fourth-order valence-electron chi connectivity index (χ4n) is 3.07. The summed E-state index contributed by atoms with van der Waals surface area (Å²) in [5.41, 5.74) is 6.01. The minimum absolute atomic E-state index is 0.491. The Bertz CT molecular complexity index is 389. The molecule has 88 valence electrons. The van der Waals surface area contributed by atoms with E-state index < -0.39 is 0 Å². The highest BCUT2D eigenvalue weighted by molar-refractivity contribution is 9.10. The zero-order valence-electron chi connectivity index (χ0n) is 9.27. The van der Waals surface area contributed by atoms with Crippen LogP contribution in [-0.4, -0.2) is 33.8 Å². The zero-order chi connectivity index (χ0) is 11.1. The first kappa shape index (κ1) is 10.6. The van der Waals surface area contributed by atoms with Crippen molar-refractivity contribution in [2.75, 3.05) is 18.8 Å². The fraction of sp³-hybridized carbons (Fsp3) is 0.727. The van der Waals surface area contributed by atoms with Gasteiger partial charge in [-0.15, -0.1) is 0 Å². The van der Waals surface area contributed by atoms with Gasteiger partial charge in [0.15, 0.2) is 0 Å². The molecule has 16 heavy (non-hydrogen) atoms. The maximum Gasteiger partial charge on any atom is 0.136 e. The molecule has 3 rings (SSSR count). The average Bonchev–Trinajstić information content (AvgIpc) is 2.86. The Kier molecular flexibility index (Phi) is 2.67. The molecule has 1 aromatic rings. The standard InChI is InChI=1S/C11H17BrN4/c12-10-7-14-16(11(10)13)9-3-5-15-4-1-2-8(15)6-9/h7-9H,1-6,13H2. The second-order valence-electron chi connectivity index (χ2n) is 4.83. The normalized spacial score (nSPS) is 30.6. The Morgan fingerprint density at radius 3 is 2.94 bits per heavy atom. The molecule has 4 nitrogen and oxygen atoms in total. The Morgan fingerprint density at radius 2 is 2.19 bits per heavy atom. The number of rotatable bonds is 1. The number of hydrogen-bond donors (Lipinski definition) is 1. The molecule has 5 heteroatoms. The summed E-state index contributed by atoms with van der Waals surface area (Å²) in [4.78, 5) is 2.62. The third-order valence-electron chi connectivity index (χ3n) is 3.93. The number of piperidine rings is 1. The minimum Gasteiger partial charge on any atom is -0.383 e. The first-order chi connectivity index (χ1) is 7.75. The number of nitrogen functional groups attached to an aromatic ring is 1. The molecule has 0 aliphatic carbocycles. The lowest BCUT2D eigenvalue weighted by molar-refractivity contribution is 0.150. The second-order valence-corrected chi connectivity index (χ2v) is 5.69. The van der Waals surface area contributed by atoms with Crippen LogP contribution in [0.1, 0.15) is 31.7 Å². The molecule has 0 bridgehead atoms. The van der Waals surface area contributed by atoms with Crippen molar-refractivity contribution in [3.8, 4) is 0 Å². The summed E-state index contributed by atoms with van der Waals surface area (Å²) >= 11 is 3.42. The third-order valence-corrected chi connectivity index (χ3v) is 4.54. The molecule has 1 aromatic heterocycles. The van der Waals surface area contributed by atoms with Crippen LogP contribution in [0.2, 0.25) is 0 Å². The fourth-order valence-corrected chi connectivity index (χ4v) is 3.34. The number of halogens is 1. The van der Waals surface area contributed by atoms with Crippen LogP contribution in [0.4, 0.5) is 5.82 Å². The maximum atomic E-state index is 6.01. The van der Waals surface area contributed by atoms with Crippen molar-refractivity contribution in [3.05, 3.63) is 10.7 Å². The van der Waals surface area contributed by atoms with Crippen LogP contribution in [-0.2, 0) is 0 Å². The van der Waals surface area contributed by atoms with E-state index in [0.717, 1.165) is 16.3 Å². The van der Waals surface area contributed by atoms with E-state index in [2.05, 4.69) is 25.9 Å². The lowest BCUT2D eigenvalue weighted by atomic mass is 9.98. The quantitative estimate of drug-likeness (QED) is 0.858. The van der Waals surface area contributed by atoms with Crippen LogP contribution in [0, 0.1) is 0 Å². The molecule has 2 N–H and O–H groups in total. The number of hydrogen-bond acceptors (Lipinski definition) is 3. The smallest absolute Gasteiger partial charge is 0.136 e. The van der Waals surface area contributed by atoms with Gasteiger partial charge in [-0.05, 0) is 48.2 Å². The second kappa shape index (κ2) is 4.04. The van der Waals surface area contributed by atoms with Gasteiger partial charge in [-0.25, -0.2) is 4.68 Å². The van der Waals surface area contributed by atoms with Crippen LogP contribution in [0.5, 0.6) is 0 Å². The van der Waals surface area contributed by atoms with Gasteiger partial charge in [0.05, 0.1) is 16.7 Å². The van der Waals surface area contributed by atoms with Crippen molar-refractivity contribution in [1.29, 1.82) is 0 Å². The first-order valence-electron chi connectivity index (χ1n) is 5.98. The molecule has 0 saturated carbocycles. The van der Waals surface area contributed by atoms with Crippen LogP contribution in [0.3, 0.4) is 0 Å². The molecule has 2 unspecified atom stereocenters. The molecule has 2 atom stereocenters. The molecule has 0 amide bonds. The van der Waals surface area contributed by atoms with Crippen molar-refractivity contribution in [3.63, 3.8) is 0 Å². The van der Waals surface area contributed by atoms with E-state index in [1.807, 2.05) is 4.68 Å². The SMILES string of the molecule is Nc1c(Br)cnn1C1CCN2CCCC2C1. The Morgan fingerprint density at radius 1 is 1.31 bits per heavy atom. The molecule has 0 spiro atoms. The van der Waals surface area contributed by atoms with Crippen molar-refractivity contribution >= 4 is 21.7 Å². The highest BCUT2D eigenvalue weighted by atomic mass is 79.9. The Balaban J connectivity index is 1.79. The van der Waals surface area contributed by atoms with E-state index in [1.165, 1.54) is 38.8 Å². The molecular formula is C11H17BrN4. The Labute approximate surface area is 104 Å². The summed E-state index contributed by atoms with van der Waals surface area (Å²) in [6.45, 7) is 2.49. The number of fused-ring (bicyclic) bond motifs is 1. The molecule has 0 aromatic carbocycles. The molecule has 0 radical (unpaired) electrons. The predicted molar refractivity (Wildman–Crippen MR) is 67.2 cm³/mol. The summed E-state index contributed by atoms with van der Waals surface area (Å²) in [5, 5.41) is 4.38. The van der Waals surface area contributed by atoms with E-state index in [4.69, 9.17) is 5.73 Å². The third kappa shape index (κ3) is 1.66. The number of nitrogens with two attached hydrogens (primary N) is 1. The zero-order valence-corrected chi connectivity index (χ0v) is 10.9. The van der Waals surface area contributed by atoms with Gasteiger partial charge in [0, 0.05) is 12.6 Å². The molecule has 2 saturated heterocycles. The molecular weight excluding hydrogens is 268 g/mol. The first-order valence-corrected chi connectivity index (χ1v) is 6.77. The van der Waals surface area contributed by atoms with E-state index in [1.54, 1.807) is 6.20 Å². The van der Waals surface area contributed by atoms with Gasteiger partial charge in [0.2, 0.25) is 0 Å². The highest BCUT2D eigenvalue weighted by Gasteiger charge is 2.33. The number of aromatic nitrogens is 2. The number of nitrogens with zero attached hydrogens (tertiary/aromatic N) is 3. The van der Waals surface area contributed by atoms with E-state index in [9.17, 15) is 0 Å². The van der Waals surface area contributed by atoms with Crippen LogP contribution < -0.4 is 5.73 Å². The summed E-state index contributed by atoms with van der Waals surface area (Å²) in [5.74, 6) is 0.774. The lowest BCUT2D eigenvalue weighted by Gasteiger charge is -2.35. The molecule has 3 heterocycles. The van der Waals surface area contributed by atoms with Gasteiger partial charge in [-0.1, -0.05) is 0 Å². The molecule has 2 aliphatic rings. The summed E-state index contributed by atoms with van der Waals surface area (Å²) in [7, 11) is 0. The van der Waals surface area contributed by atoms with E-state index >= 15 is 0 Å². The van der Waals surface area contributed by atoms with E-state index in [-0.39, 0.29) is 0 Å². The Hall–Kier alpha value is -0.550. The minimum atomic E-state index is 0.491. The van der Waals surface area contributed by atoms with Gasteiger partial charge in [0.1, 0.15) is 5.82 Å². The van der Waals surface area contributed by atoms with Crippen molar-refractivity contribution in [2.45, 2.75) is 37.8 Å². The monoisotopic (exact) mass is 284 g/mol.